The third kappa shape index (κ3) is 4.77. The maximum Gasteiger partial charge on any atom is 0.249 e. The van der Waals surface area contributed by atoms with Crippen molar-refractivity contribution in [3.05, 3.63) is 75.9 Å². The SMILES string of the molecule is COc1cc(C#N)ccc1-c1c(C(N)=O)ccnc1-c1nnc(COc2ccc(Cl)cc2)s1. The number of benzene rings is 2. The predicted molar refractivity (Wildman–Crippen MR) is 124 cm³/mol. The molecule has 4 rings (SSSR count). The van der Waals surface area contributed by atoms with Crippen LogP contribution in [0.15, 0.2) is 54.7 Å². The Labute approximate surface area is 198 Å². The number of nitrogens with two attached hydrogens (primary N) is 1. The molecule has 2 heterocycles. The lowest BCUT2D eigenvalue weighted by atomic mass is 9.96. The monoisotopic (exact) mass is 477 g/mol. The Morgan fingerprint density at radius 1 is 1.18 bits per heavy atom. The van der Waals surface area contributed by atoms with Crippen LogP contribution in [-0.4, -0.2) is 28.2 Å². The molecule has 2 N–H and O–H groups in total. The second kappa shape index (κ2) is 9.65. The number of amides is 1. The fourth-order valence-electron chi connectivity index (χ4n) is 3.15. The molecular weight excluding hydrogens is 462 g/mol. The largest absolute Gasteiger partial charge is 0.496 e. The van der Waals surface area contributed by atoms with Crippen LogP contribution in [0, 0.1) is 11.3 Å². The molecule has 0 atom stereocenters. The molecule has 0 radical (unpaired) electrons. The highest BCUT2D eigenvalue weighted by Gasteiger charge is 2.23. The Bertz CT molecular complexity index is 1370. The number of primary amides is 1. The standard InChI is InChI=1S/C23H16ClN5O3S/c1-31-18-10-13(11-25)2-7-16(18)20-17(22(26)30)8-9-27-21(20)23-29-28-19(33-23)12-32-15-5-3-14(24)4-6-15/h2-10H,12H2,1H3,(H2,26,30). The van der Waals surface area contributed by atoms with E-state index in [0.29, 0.717) is 48.9 Å². The van der Waals surface area contributed by atoms with Crippen molar-refractivity contribution >= 4 is 28.8 Å². The number of ether oxygens (including phenoxy) is 2. The summed E-state index contributed by atoms with van der Waals surface area (Å²) in [7, 11) is 1.48. The summed E-state index contributed by atoms with van der Waals surface area (Å²) in [6, 6.07) is 15.5. The number of nitrogens with zero attached hydrogens (tertiary/aromatic N) is 4. The number of rotatable bonds is 7. The van der Waals surface area contributed by atoms with Gasteiger partial charge in [0.15, 0.2) is 10.0 Å². The number of halogens is 1. The first kappa shape index (κ1) is 22.2. The van der Waals surface area contributed by atoms with Gasteiger partial charge in [-0.2, -0.15) is 5.26 Å². The molecule has 0 saturated carbocycles. The van der Waals surface area contributed by atoms with E-state index in [1.807, 2.05) is 0 Å². The molecule has 10 heteroatoms. The second-order valence-corrected chi connectivity index (χ2v) is 8.22. The summed E-state index contributed by atoms with van der Waals surface area (Å²) in [4.78, 5) is 16.7. The van der Waals surface area contributed by atoms with Gasteiger partial charge in [0.05, 0.1) is 24.3 Å². The average molecular weight is 478 g/mol. The smallest absolute Gasteiger partial charge is 0.249 e. The van der Waals surface area contributed by atoms with Gasteiger partial charge in [-0.1, -0.05) is 22.9 Å². The molecule has 0 bridgehead atoms. The van der Waals surface area contributed by atoms with Gasteiger partial charge < -0.3 is 15.2 Å². The van der Waals surface area contributed by atoms with Crippen molar-refractivity contribution in [3.63, 3.8) is 0 Å². The van der Waals surface area contributed by atoms with E-state index in [-0.39, 0.29) is 12.2 Å². The molecular formula is C23H16ClN5O3S. The topological polar surface area (TPSA) is 124 Å². The summed E-state index contributed by atoms with van der Waals surface area (Å²) < 4.78 is 11.2. The van der Waals surface area contributed by atoms with Crippen LogP contribution >= 0.6 is 22.9 Å². The van der Waals surface area contributed by atoms with Crippen LogP contribution in [0.4, 0.5) is 0 Å². The number of hydrogen-bond acceptors (Lipinski definition) is 8. The molecule has 0 aliphatic rings. The molecule has 2 aromatic carbocycles. The minimum absolute atomic E-state index is 0.199. The van der Waals surface area contributed by atoms with Crippen LogP contribution < -0.4 is 15.2 Å². The number of carbonyl (C=O) groups is 1. The third-order valence-corrected chi connectivity index (χ3v) is 5.82. The lowest BCUT2D eigenvalue weighted by Gasteiger charge is -2.14. The number of aromatic nitrogens is 3. The van der Waals surface area contributed by atoms with E-state index in [4.69, 9.17) is 26.8 Å². The Balaban J connectivity index is 1.74. The van der Waals surface area contributed by atoms with Gasteiger partial charge in [-0.3, -0.25) is 9.78 Å². The van der Waals surface area contributed by atoms with Gasteiger partial charge in [0.25, 0.3) is 0 Å². The van der Waals surface area contributed by atoms with E-state index < -0.39 is 5.91 Å². The summed E-state index contributed by atoms with van der Waals surface area (Å²) in [6.45, 7) is 0.199. The van der Waals surface area contributed by atoms with Crippen LogP contribution in [0.2, 0.25) is 5.02 Å². The highest BCUT2D eigenvalue weighted by molar-refractivity contribution is 7.14. The van der Waals surface area contributed by atoms with Gasteiger partial charge in [0.2, 0.25) is 5.91 Å². The van der Waals surface area contributed by atoms with Gasteiger partial charge in [-0.15, -0.1) is 10.2 Å². The fourth-order valence-corrected chi connectivity index (χ4v) is 4.03. The minimum Gasteiger partial charge on any atom is -0.496 e. The molecule has 4 aromatic rings. The van der Waals surface area contributed by atoms with E-state index in [1.54, 1.807) is 42.5 Å². The van der Waals surface area contributed by atoms with Crippen LogP contribution in [-0.2, 0) is 6.61 Å². The number of nitriles is 1. The average Bonchev–Trinajstić information content (AvgIpc) is 3.31. The predicted octanol–water partition coefficient (Wildman–Crippen LogP) is 4.48. The van der Waals surface area contributed by atoms with Gasteiger partial charge in [-0.25, -0.2) is 0 Å². The first-order valence-corrected chi connectivity index (χ1v) is 10.8. The van der Waals surface area contributed by atoms with Crippen LogP contribution in [0.3, 0.4) is 0 Å². The number of carbonyl (C=O) groups excluding carboxylic acids is 1. The summed E-state index contributed by atoms with van der Waals surface area (Å²) in [6.07, 6.45) is 1.49. The Morgan fingerprint density at radius 3 is 2.67 bits per heavy atom. The van der Waals surface area contributed by atoms with Crippen molar-refractivity contribution < 1.29 is 14.3 Å². The number of hydrogen-bond donors (Lipinski definition) is 1. The van der Waals surface area contributed by atoms with E-state index in [2.05, 4.69) is 21.3 Å². The molecule has 0 aliphatic heterocycles. The lowest BCUT2D eigenvalue weighted by molar-refractivity contribution is 0.100. The van der Waals surface area contributed by atoms with Crippen LogP contribution in [0.5, 0.6) is 11.5 Å². The molecule has 33 heavy (non-hydrogen) atoms. The number of pyridine rings is 1. The van der Waals surface area contributed by atoms with E-state index in [1.165, 1.54) is 30.7 Å². The molecule has 0 unspecified atom stereocenters. The first-order valence-electron chi connectivity index (χ1n) is 9.58. The molecule has 0 fully saturated rings. The van der Waals surface area contributed by atoms with Crippen molar-refractivity contribution in [1.29, 1.82) is 5.26 Å². The van der Waals surface area contributed by atoms with E-state index in [0.717, 1.165) is 0 Å². The summed E-state index contributed by atoms with van der Waals surface area (Å²) in [5.74, 6) is 0.422. The molecule has 0 aliphatic carbocycles. The molecule has 8 nitrogen and oxygen atoms in total. The Kier molecular flexibility index (Phi) is 6.49. The quantitative estimate of drug-likeness (QED) is 0.416. The fraction of sp³-hybridized carbons (Fsp3) is 0.0870. The maximum atomic E-state index is 12.2. The maximum absolute atomic E-state index is 12.2. The molecule has 1 amide bonds. The Morgan fingerprint density at radius 2 is 1.97 bits per heavy atom. The summed E-state index contributed by atoms with van der Waals surface area (Å²) in [5.41, 5.74) is 7.75. The van der Waals surface area contributed by atoms with Crippen molar-refractivity contribution in [2.24, 2.45) is 5.73 Å². The molecule has 0 spiro atoms. The van der Waals surface area contributed by atoms with Gasteiger partial charge in [0.1, 0.15) is 23.8 Å². The summed E-state index contributed by atoms with van der Waals surface area (Å²) >= 11 is 7.18. The van der Waals surface area contributed by atoms with Crippen LogP contribution in [0.1, 0.15) is 20.9 Å². The molecule has 0 saturated heterocycles. The number of methoxy groups -OCH3 is 1. The molecule has 164 valence electrons. The zero-order chi connectivity index (χ0) is 23.4. The Hall–Kier alpha value is -4.00. The van der Waals surface area contributed by atoms with Gasteiger partial charge in [0, 0.05) is 22.3 Å². The summed E-state index contributed by atoms with van der Waals surface area (Å²) in [5, 5.41) is 19.4. The third-order valence-electron chi connectivity index (χ3n) is 4.66. The second-order valence-electron chi connectivity index (χ2n) is 6.72. The van der Waals surface area contributed by atoms with Gasteiger partial charge in [-0.05, 0) is 48.5 Å². The highest BCUT2D eigenvalue weighted by Crippen LogP contribution is 2.39. The van der Waals surface area contributed by atoms with Gasteiger partial charge >= 0.3 is 0 Å². The van der Waals surface area contributed by atoms with Crippen molar-refractivity contribution in [3.8, 4) is 39.4 Å². The first-order chi connectivity index (χ1) is 16.0. The highest BCUT2D eigenvalue weighted by atomic mass is 35.5. The van der Waals surface area contributed by atoms with Crippen LogP contribution in [0.25, 0.3) is 21.8 Å². The lowest BCUT2D eigenvalue weighted by Crippen LogP contribution is -2.13. The molecule has 2 aromatic heterocycles. The van der Waals surface area contributed by atoms with E-state index >= 15 is 0 Å². The minimum atomic E-state index is -0.629. The van der Waals surface area contributed by atoms with Crippen molar-refractivity contribution in [1.82, 2.24) is 15.2 Å². The zero-order valence-electron chi connectivity index (χ0n) is 17.3. The zero-order valence-corrected chi connectivity index (χ0v) is 18.9. The van der Waals surface area contributed by atoms with Crippen molar-refractivity contribution in [2.75, 3.05) is 7.11 Å². The normalized spacial score (nSPS) is 10.5. The van der Waals surface area contributed by atoms with Crippen molar-refractivity contribution in [2.45, 2.75) is 6.61 Å². The van der Waals surface area contributed by atoms with E-state index in [9.17, 15) is 10.1 Å².